The van der Waals surface area contributed by atoms with Crippen molar-refractivity contribution >= 4 is 23.3 Å². The van der Waals surface area contributed by atoms with Crippen LogP contribution >= 0.6 is 0 Å². The quantitative estimate of drug-likeness (QED) is 0.669. The molecule has 0 spiro atoms. The largest absolute Gasteiger partial charge is 0.480 e. The van der Waals surface area contributed by atoms with Crippen molar-refractivity contribution < 1.29 is 19.5 Å². The van der Waals surface area contributed by atoms with E-state index >= 15 is 0 Å². The number of benzene rings is 1. The lowest BCUT2D eigenvalue weighted by molar-refractivity contribution is -0.138. The fraction of sp³-hybridized carbons (Fsp3) is 0.308. The van der Waals surface area contributed by atoms with Crippen LogP contribution in [0.4, 0.5) is 5.69 Å². The molecule has 0 aliphatic carbocycles. The van der Waals surface area contributed by atoms with Gasteiger partial charge in [-0.25, -0.2) is 0 Å². The van der Waals surface area contributed by atoms with Crippen molar-refractivity contribution in [3.63, 3.8) is 0 Å². The van der Waals surface area contributed by atoms with Gasteiger partial charge < -0.3 is 10.4 Å². The maximum absolute atomic E-state index is 11.9. The van der Waals surface area contributed by atoms with Gasteiger partial charge in [-0.2, -0.15) is 0 Å². The van der Waals surface area contributed by atoms with Crippen molar-refractivity contribution in [3.05, 3.63) is 29.3 Å². The smallest absolute Gasteiger partial charge is 0.320 e. The summed E-state index contributed by atoms with van der Waals surface area (Å²) in [6.45, 7) is 1.43. The molecule has 1 aliphatic heterocycles. The minimum absolute atomic E-state index is 0.0480. The third kappa shape index (κ3) is 2.97. The zero-order chi connectivity index (χ0) is 14.0. The molecule has 0 saturated heterocycles. The summed E-state index contributed by atoms with van der Waals surface area (Å²) in [6, 6.07) is 4.21. The molecular weight excluding hydrogens is 248 g/mol. The molecular formula is C13H14N2O4. The van der Waals surface area contributed by atoms with E-state index < -0.39 is 12.0 Å². The Morgan fingerprint density at radius 1 is 1.47 bits per heavy atom. The molecule has 100 valence electrons. The molecule has 1 aliphatic rings. The molecule has 1 aromatic rings. The Balaban J connectivity index is 2.03. The molecule has 6 nitrogen and oxygen atoms in total. The Kier molecular flexibility index (Phi) is 3.62. The second kappa shape index (κ2) is 5.19. The standard InChI is InChI=1S/C13H14N2O4/c1-7(13(18)19)14-6-11(16)8-2-3-10-9(4-8)5-12(17)15-10/h2-4,7,14H,5-6H2,1H3,(H,15,17)(H,18,19). The number of anilines is 1. The van der Waals surface area contributed by atoms with Gasteiger partial charge in [0.2, 0.25) is 5.91 Å². The predicted octanol–water partition coefficient (Wildman–Crippen LogP) is 0.427. The summed E-state index contributed by atoms with van der Waals surface area (Å²) in [5.74, 6) is -1.29. The van der Waals surface area contributed by atoms with Crippen molar-refractivity contribution in [2.45, 2.75) is 19.4 Å². The Morgan fingerprint density at radius 3 is 2.89 bits per heavy atom. The molecule has 0 saturated carbocycles. The maximum atomic E-state index is 11.9. The number of carbonyl (C=O) groups excluding carboxylic acids is 2. The first-order valence-electron chi connectivity index (χ1n) is 5.89. The van der Waals surface area contributed by atoms with Gasteiger partial charge in [-0.1, -0.05) is 0 Å². The Bertz CT molecular complexity index is 554. The first-order chi connectivity index (χ1) is 8.97. The van der Waals surface area contributed by atoms with Gasteiger partial charge in [0, 0.05) is 11.3 Å². The number of hydrogen-bond acceptors (Lipinski definition) is 4. The number of carboxylic acids is 1. The molecule has 0 radical (unpaired) electrons. The van der Waals surface area contributed by atoms with Crippen LogP contribution in [-0.2, 0) is 16.0 Å². The zero-order valence-corrected chi connectivity index (χ0v) is 10.4. The first kappa shape index (κ1) is 13.2. The molecule has 1 unspecified atom stereocenters. The summed E-state index contributed by atoms with van der Waals surface area (Å²) in [5.41, 5.74) is 2.00. The molecule has 6 heteroatoms. The van der Waals surface area contributed by atoms with E-state index in [0.29, 0.717) is 5.56 Å². The van der Waals surface area contributed by atoms with Gasteiger partial charge in [0.1, 0.15) is 6.04 Å². The van der Waals surface area contributed by atoms with Crippen LogP contribution in [0.15, 0.2) is 18.2 Å². The minimum Gasteiger partial charge on any atom is -0.480 e. The zero-order valence-electron chi connectivity index (χ0n) is 10.4. The van der Waals surface area contributed by atoms with Crippen molar-refractivity contribution in [1.82, 2.24) is 5.32 Å². The number of Topliss-reactive ketones (excluding diaryl/α,β-unsaturated/α-hetero) is 1. The average molecular weight is 262 g/mol. The van der Waals surface area contributed by atoms with Crippen LogP contribution < -0.4 is 10.6 Å². The van der Waals surface area contributed by atoms with E-state index in [0.717, 1.165) is 11.3 Å². The molecule has 0 aromatic heterocycles. The highest BCUT2D eigenvalue weighted by molar-refractivity contribution is 6.02. The number of aliphatic carboxylic acids is 1. The van der Waals surface area contributed by atoms with E-state index in [-0.39, 0.29) is 24.7 Å². The van der Waals surface area contributed by atoms with E-state index in [9.17, 15) is 14.4 Å². The van der Waals surface area contributed by atoms with E-state index in [4.69, 9.17) is 5.11 Å². The third-order valence-corrected chi connectivity index (χ3v) is 2.99. The number of fused-ring (bicyclic) bond motifs is 1. The fourth-order valence-corrected chi connectivity index (χ4v) is 1.84. The van der Waals surface area contributed by atoms with E-state index in [1.54, 1.807) is 18.2 Å². The monoisotopic (exact) mass is 262 g/mol. The van der Waals surface area contributed by atoms with Gasteiger partial charge in [-0.05, 0) is 30.7 Å². The van der Waals surface area contributed by atoms with Gasteiger partial charge in [-0.15, -0.1) is 0 Å². The van der Waals surface area contributed by atoms with Crippen molar-refractivity contribution in [1.29, 1.82) is 0 Å². The first-order valence-corrected chi connectivity index (χ1v) is 5.89. The summed E-state index contributed by atoms with van der Waals surface area (Å²) < 4.78 is 0. The summed E-state index contributed by atoms with van der Waals surface area (Å²) in [5, 5.41) is 14.0. The van der Waals surface area contributed by atoms with E-state index in [1.165, 1.54) is 6.92 Å². The van der Waals surface area contributed by atoms with Gasteiger partial charge in [0.05, 0.1) is 13.0 Å². The van der Waals surface area contributed by atoms with Crippen LogP contribution in [0, 0.1) is 0 Å². The Hall–Kier alpha value is -2.21. The Labute approximate surface area is 109 Å². The summed E-state index contributed by atoms with van der Waals surface area (Å²) >= 11 is 0. The summed E-state index contributed by atoms with van der Waals surface area (Å²) in [7, 11) is 0. The predicted molar refractivity (Wildman–Crippen MR) is 68.2 cm³/mol. The molecule has 1 heterocycles. The lowest BCUT2D eigenvalue weighted by Gasteiger charge is -2.08. The van der Waals surface area contributed by atoms with Crippen molar-refractivity contribution in [3.8, 4) is 0 Å². The highest BCUT2D eigenvalue weighted by atomic mass is 16.4. The molecule has 1 atom stereocenters. The summed E-state index contributed by atoms with van der Waals surface area (Å²) in [6.07, 6.45) is 0.273. The van der Waals surface area contributed by atoms with Gasteiger partial charge in [0.15, 0.2) is 5.78 Å². The van der Waals surface area contributed by atoms with Gasteiger partial charge in [-0.3, -0.25) is 19.7 Å². The molecule has 3 N–H and O–H groups in total. The lowest BCUT2D eigenvalue weighted by atomic mass is 10.0. The second-order valence-electron chi connectivity index (χ2n) is 4.46. The van der Waals surface area contributed by atoms with Crippen LogP contribution in [0.3, 0.4) is 0 Å². The SMILES string of the molecule is CC(NCC(=O)c1ccc2c(c1)CC(=O)N2)C(=O)O. The number of rotatable bonds is 5. The highest BCUT2D eigenvalue weighted by Gasteiger charge is 2.19. The Morgan fingerprint density at radius 2 is 2.21 bits per heavy atom. The number of hydrogen-bond donors (Lipinski definition) is 3. The lowest BCUT2D eigenvalue weighted by Crippen LogP contribution is -2.37. The average Bonchev–Trinajstić information content (AvgIpc) is 2.74. The van der Waals surface area contributed by atoms with Crippen LogP contribution in [-0.4, -0.2) is 35.4 Å². The van der Waals surface area contributed by atoms with E-state index in [2.05, 4.69) is 10.6 Å². The highest BCUT2D eigenvalue weighted by Crippen LogP contribution is 2.23. The third-order valence-electron chi connectivity index (χ3n) is 2.99. The van der Waals surface area contributed by atoms with Crippen LogP contribution in [0.5, 0.6) is 0 Å². The molecule has 0 bridgehead atoms. The number of carboxylic acid groups (broad SMARTS) is 1. The number of nitrogens with one attached hydrogen (secondary N) is 2. The maximum Gasteiger partial charge on any atom is 0.320 e. The number of amides is 1. The van der Waals surface area contributed by atoms with Gasteiger partial charge in [0.25, 0.3) is 0 Å². The van der Waals surface area contributed by atoms with Crippen LogP contribution in [0.2, 0.25) is 0 Å². The molecule has 0 fully saturated rings. The van der Waals surface area contributed by atoms with Crippen LogP contribution in [0.25, 0.3) is 0 Å². The minimum atomic E-state index is -1.00. The van der Waals surface area contributed by atoms with Crippen LogP contribution in [0.1, 0.15) is 22.8 Å². The van der Waals surface area contributed by atoms with Gasteiger partial charge >= 0.3 is 5.97 Å². The fourth-order valence-electron chi connectivity index (χ4n) is 1.84. The molecule has 1 amide bonds. The van der Waals surface area contributed by atoms with Crippen molar-refractivity contribution in [2.24, 2.45) is 0 Å². The number of ketones is 1. The summed E-state index contributed by atoms with van der Waals surface area (Å²) in [4.78, 5) is 33.7. The van der Waals surface area contributed by atoms with Crippen molar-refractivity contribution in [2.75, 3.05) is 11.9 Å². The normalized spacial score (nSPS) is 14.7. The molecule has 2 rings (SSSR count). The number of carbonyl (C=O) groups is 3. The molecule has 19 heavy (non-hydrogen) atoms. The second-order valence-corrected chi connectivity index (χ2v) is 4.46. The topological polar surface area (TPSA) is 95.5 Å². The molecule has 1 aromatic carbocycles. The van der Waals surface area contributed by atoms with E-state index in [1.807, 2.05) is 0 Å².